The summed E-state index contributed by atoms with van der Waals surface area (Å²) < 4.78 is 18.4. The Balaban J connectivity index is 1.42. The molecule has 3 aromatic heterocycles. The van der Waals surface area contributed by atoms with E-state index < -0.39 is 35.0 Å². The molecule has 1 aliphatic rings. The minimum absolute atomic E-state index is 0.149. The minimum Gasteiger partial charge on any atom is -0.444 e. The SMILES string of the molecule is Cn1nnc([C@@]2(NC(=O)OC(C)(C)C)CCN(c3cc(Cl)cc(Br)c3Cn3cnc4c(OC(=O)NC(=O)OC(C)(C)C)ncnc43)C2)n1. The van der Waals surface area contributed by atoms with Gasteiger partial charge in [0.25, 0.3) is 5.88 Å². The largest absolute Gasteiger partial charge is 0.444 e. The number of anilines is 1. The first kappa shape index (κ1) is 34.7. The van der Waals surface area contributed by atoms with E-state index in [9.17, 15) is 14.4 Å². The Morgan fingerprint density at radius 3 is 2.40 bits per heavy atom. The third kappa shape index (κ3) is 8.10. The summed E-state index contributed by atoms with van der Waals surface area (Å²) in [6.07, 6.45) is 0.549. The number of ether oxygens (including phenoxy) is 3. The van der Waals surface area contributed by atoms with E-state index in [1.165, 1.54) is 17.5 Å². The molecule has 3 amide bonds. The summed E-state index contributed by atoms with van der Waals surface area (Å²) in [5.74, 6) is 0.200. The highest BCUT2D eigenvalue weighted by molar-refractivity contribution is 9.10. The summed E-state index contributed by atoms with van der Waals surface area (Å²) in [7, 11) is 1.65. The fourth-order valence-corrected chi connectivity index (χ4v) is 6.00. The molecule has 5 rings (SSSR count). The highest BCUT2D eigenvalue weighted by atomic mass is 79.9. The number of aryl methyl sites for hydroxylation is 1. The van der Waals surface area contributed by atoms with E-state index in [1.807, 2.05) is 11.4 Å². The van der Waals surface area contributed by atoms with Crippen molar-refractivity contribution in [3.05, 3.63) is 45.7 Å². The van der Waals surface area contributed by atoms with Gasteiger partial charge in [-0.25, -0.2) is 29.7 Å². The average molecular weight is 749 g/mol. The lowest BCUT2D eigenvalue weighted by atomic mass is 9.98. The number of hydrogen-bond donors (Lipinski definition) is 2. The van der Waals surface area contributed by atoms with Crippen LogP contribution in [0.15, 0.2) is 29.3 Å². The molecule has 1 atom stereocenters. The van der Waals surface area contributed by atoms with Crippen LogP contribution in [0, 0.1) is 0 Å². The van der Waals surface area contributed by atoms with Crippen LogP contribution in [0.5, 0.6) is 5.88 Å². The highest BCUT2D eigenvalue weighted by Crippen LogP contribution is 2.39. The second kappa shape index (κ2) is 13.1. The number of carbonyl (C=O) groups excluding carboxylic acids is 3. The summed E-state index contributed by atoms with van der Waals surface area (Å²) in [6.45, 7) is 11.4. The van der Waals surface area contributed by atoms with Gasteiger partial charge in [-0.2, -0.15) is 9.78 Å². The number of benzene rings is 1. The Hall–Kier alpha value is -4.58. The number of fused-ring (bicyclic) bond motifs is 1. The van der Waals surface area contributed by atoms with Gasteiger partial charge in [-0.3, -0.25) is 0 Å². The molecule has 0 radical (unpaired) electrons. The van der Waals surface area contributed by atoms with E-state index in [2.05, 4.69) is 56.5 Å². The number of amides is 3. The van der Waals surface area contributed by atoms with Crippen molar-refractivity contribution in [3.63, 3.8) is 0 Å². The maximum atomic E-state index is 13.0. The maximum Gasteiger partial charge on any atom is 0.423 e. The lowest BCUT2D eigenvalue weighted by molar-refractivity contribution is 0.0454. The molecule has 1 fully saturated rings. The Morgan fingerprint density at radius 2 is 1.73 bits per heavy atom. The van der Waals surface area contributed by atoms with Gasteiger partial charge >= 0.3 is 18.3 Å². The van der Waals surface area contributed by atoms with E-state index in [4.69, 9.17) is 25.8 Å². The molecule has 1 aliphatic heterocycles. The molecule has 0 spiro atoms. The molecule has 0 bridgehead atoms. The number of carbonyl (C=O) groups is 3. The first-order valence-electron chi connectivity index (χ1n) is 14.8. The second-order valence-corrected chi connectivity index (χ2v) is 14.4. The minimum atomic E-state index is -1.09. The Kier molecular flexibility index (Phi) is 9.51. The van der Waals surface area contributed by atoms with Gasteiger partial charge in [0.1, 0.15) is 23.1 Å². The number of hydrogen-bond acceptors (Lipinski definition) is 13. The second-order valence-electron chi connectivity index (χ2n) is 13.1. The number of alkyl carbamates (subject to hydrolysis) is 2. The van der Waals surface area contributed by atoms with Gasteiger partial charge < -0.3 is 29.0 Å². The van der Waals surface area contributed by atoms with Crippen molar-refractivity contribution in [2.75, 3.05) is 18.0 Å². The topological polar surface area (TPSA) is 193 Å². The van der Waals surface area contributed by atoms with Crippen LogP contribution in [0.1, 0.15) is 59.4 Å². The molecule has 48 heavy (non-hydrogen) atoms. The van der Waals surface area contributed by atoms with Crippen LogP contribution in [-0.4, -0.2) is 82.3 Å². The number of rotatable bonds is 6. The van der Waals surface area contributed by atoms with E-state index >= 15 is 0 Å². The summed E-state index contributed by atoms with van der Waals surface area (Å²) >= 11 is 10.2. The highest BCUT2D eigenvalue weighted by Gasteiger charge is 2.46. The molecule has 1 aromatic carbocycles. The molecule has 1 saturated heterocycles. The number of nitrogens with zero attached hydrogens (tertiary/aromatic N) is 9. The molecule has 0 saturated carbocycles. The summed E-state index contributed by atoms with van der Waals surface area (Å²) in [5.41, 5.74) is -0.378. The maximum absolute atomic E-state index is 13.0. The summed E-state index contributed by atoms with van der Waals surface area (Å²) in [4.78, 5) is 53.6. The predicted molar refractivity (Wildman–Crippen MR) is 176 cm³/mol. The standard InChI is InChI=1S/C29H35BrClN11O6/c1-27(2,3)47-25(44)35-24(43)46-22-20-21(32-14-33-22)42(15-34-20)12-17-18(30)10-16(31)11-19(17)41-9-8-29(13-41,23-37-39-40(7)38-23)36-26(45)48-28(4,5)6/h10-11,14-15H,8-9,12-13H2,1-7H3,(H,36,45)(H,35,43,44)/t29-/m1/s1. The number of aromatic nitrogens is 8. The molecular weight excluding hydrogens is 714 g/mol. The number of imidazole rings is 1. The number of nitrogens with one attached hydrogen (secondary N) is 2. The van der Waals surface area contributed by atoms with Crippen molar-refractivity contribution in [2.24, 2.45) is 7.05 Å². The van der Waals surface area contributed by atoms with Gasteiger partial charge in [0.05, 0.1) is 19.9 Å². The van der Waals surface area contributed by atoms with Crippen LogP contribution >= 0.6 is 27.5 Å². The Bertz CT molecular complexity index is 1870. The zero-order valence-corrected chi connectivity index (χ0v) is 29.7. The van der Waals surface area contributed by atoms with Crippen LogP contribution in [0.4, 0.5) is 20.1 Å². The van der Waals surface area contributed by atoms with Crippen LogP contribution in [0.25, 0.3) is 11.2 Å². The zero-order valence-electron chi connectivity index (χ0n) is 27.4. The smallest absolute Gasteiger partial charge is 0.423 e. The predicted octanol–water partition coefficient (Wildman–Crippen LogP) is 4.47. The first-order chi connectivity index (χ1) is 22.4. The molecule has 0 unspecified atom stereocenters. The van der Waals surface area contributed by atoms with Gasteiger partial charge in [0.15, 0.2) is 11.2 Å². The summed E-state index contributed by atoms with van der Waals surface area (Å²) in [6, 6.07) is 3.61. The van der Waals surface area contributed by atoms with Gasteiger partial charge in [0, 0.05) is 33.8 Å². The van der Waals surface area contributed by atoms with Gasteiger partial charge in [-0.1, -0.05) is 27.5 Å². The van der Waals surface area contributed by atoms with Crippen molar-refractivity contribution in [1.29, 1.82) is 0 Å². The molecule has 2 N–H and O–H groups in total. The fourth-order valence-electron chi connectivity index (χ4n) is 5.08. The normalized spacial score (nSPS) is 16.6. The van der Waals surface area contributed by atoms with E-state index in [1.54, 1.807) is 59.2 Å². The third-order valence-electron chi connectivity index (χ3n) is 6.91. The van der Waals surface area contributed by atoms with Gasteiger partial charge in [0.2, 0.25) is 5.82 Å². The Labute approximate surface area is 288 Å². The van der Waals surface area contributed by atoms with Crippen molar-refractivity contribution in [3.8, 4) is 5.88 Å². The lowest BCUT2D eigenvalue weighted by Gasteiger charge is -2.30. The van der Waals surface area contributed by atoms with E-state index in [0.29, 0.717) is 33.9 Å². The monoisotopic (exact) mass is 747 g/mol. The number of halogens is 2. The van der Waals surface area contributed by atoms with Crippen molar-refractivity contribution in [1.82, 2.24) is 50.4 Å². The molecule has 4 heterocycles. The molecular formula is C29H35BrClN11O6. The average Bonchev–Trinajstić information content (AvgIpc) is 3.67. The number of imide groups is 1. The van der Waals surface area contributed by atoms with Crippen molar-refractivity contribution < 1.29 is 28.6 Å². The van der Waals surface area contributed by atoms with Crippen molar-refractivity contribution in [2.45, 2.75) is 71.2 Å². The summed E-state index contributed by atoms with van der Waals surface area (Å²) in [5, 5.41) is 18.2. The molecule has 0 aliphatic carbocycles. The van der Waals surface area contributed by atoms with Crippen molar-refractivity contribution >= 4 is 62.7 Å². The van der Waals surface area contributed by atoms with Crippen LogP contribution < -0.4 is 20.3 Å². The quantitative estimate of drug-likeness (QED) is 0.281. The van der Waals surface area contributed by atoms with Crippen LogP contribution in [-0.2, 0) is 28.6 Å². The van der Waals surface area contributed by atoms with E-state index in [-0.39, 0.29) is 24.5 Å². The third-order valence-corrected chi connectivity index (χ3v) is 7.84. The Morgan fingerprint density at radius 1 is 1.02 bits per heavy atom. The number of tetrazole rings is 1. The fraction of sp³-hybridized carbons (Fsp3) is 0.483. The lowest BCUT2D eigenvalue weighted by Crippen LogP contribution is -2.50. The molecule has 19 heteroatoms. The first-order valence-corrected chi connectivity index (χ1v) is 15.9. The molecule has 4 aromatic rings. The van der Waals surface area contributed by atoms with E-state index in [0.717, 1.165) is 11.3 Å². The zero-order chi connectivity index (χ0) is 35.0. The van der Waals surface area contributed by atoms with Gasteiger partial charge in [-0.15, -0.1) is 10.2 Å². The molecule has 256 valence electrons. The van der Waals surface area contributed by atoms with Gasteiger partial charge in [-0.05, 0) is 65.3 Å². The van der Waals surface area contributed by atoms with Crippen LogP contribution in [0.3, 0.4) is 0 Å². The molecule has 17 nitrogen and oxygen atoms in total. The van der Waals surface area contributed by atoms with Crippen LogP contribution in [0.2, 0.25) is 5.02 Å².